The number of anilines is 1. The van der Waals surface area contributed by atoms with Crippen molar-refractivity contribution < 1.29 is 4.79 Å². The molecule has 0 spiro atoms. The first-order valence-electron chi connectivity index (χ1n) is 7.70. The highest BCUT2D eigenvalue weighted by Crippen LogP contribution is 2.27. The maximum Gasteiger partial charge on any atom is 0.253 e. The highest BCUT2D eigenvalue weighted by molar-refractivity contribution is 5.94. The van der Waals surface area contributed by atoms with Gasteiger partial charge >= 0.3 is 0 Å². The molecule has 0 radical (unpaired) electrons. The van der Waals surface area contributed by atoms with Crippen LogP contribution in [-0.4, -0.2) is 40.5 Å². The molecule has 0 aromatic carbocycles. The fraction of sp³-hybridized carbons (Fsp3) is 0.353. The number of hydrogen-bond acceptors (Lipinski definition) is 4. The van der Waals surface area contributed by atoms with Gasteiger partial charge in [0.1, 0.15) is 11.6 Å². The molecule has 0 saturated carbocycles. The summed E-state index contributed by atoms with van der Waals surface area (Å²) in [6.45, 7) is 2.06. The lowest BCUT2D eigenvalue weighted by molar-refractivity contribution is 0.0958. The predicted molar refractivity (Wildman–Crippen MR) is 88.2 cm³/mol. The smallest absolute Gasteiger partial charge is 0.253 e. The van der Waals surface area contributed by atoms with Crippen molar-refractivity contribution in [3.05, 3.63) is 42.1 Å². The number of carbonyl (C=O) groups is 1. The van der Waals surface area contributed by atoms with Gasteiger partial charge in [0.25, 0.3) is 5.91 Å². The van der Waals surface area contributed by atoms with Gasteiger partial charge in [0.05, 0.1) is 12.1 Å². The topological polar surface area (TPSA) is 73.9 Å². The van der Waals surface area contributed by atoms with Crippen molar-refractivity contribution in [1.29, 1.82) is 0 Å². The second kappa shape index (κ2) is 6.97. The van der Waals surface area contributed by atoms with Crippen molar-refractivity contribution in [3.8, 4) is 12.3 Å². The number of aromatic amines is 1. The Morgan fingerprint density at radius 1 is 1.48 bits per heavy atom. The van der Waals surface area contributed by atoms with E-state index in [4.69, 9.17) is 6.42 Å². The number of nitrogens with zero attached hydrogens (tertiary/aromatic N) is 3. The van der Waals surface area contributed by atoms with Gasteiger partial charge in [-0.25, -0.2) is 9.97 Å². The van der Waals surface area contributed by atoms with Crippen LogP contribution >= 0.6 is 0 Å². The molecule has 1 saturated heterocycles. The summed E-state index contributed by atoms with van der Waals surface area (Å²) >= 11 is 0. The lowest BCUT2D eigenvalue weighted by atomic mass is 9.97. The molecule has 6 heteroatoms. The van der Waals surface area contributed by atoms with Crippen molar-refractivity contribution in [2.24, 2.45) is 0 Å². The van der Waals surface area contributed by atoms with Gasteiger partial charge < -0.3 is 15.2 Å². The summed E-state index contributed by atoms with van der Waals surface area (Å²) in [5, 5.41) is 2.63. The summed E-state index contributed by atoms with van der Waals surface area (Å²) in [6, 6.07) is 3.67. The molecule has 1 aliphatic rings. The molecule has 1 fully saturated rings. The van der Waals surface area contributed by atoms with Gasteiger partial charge in [0, 0.05) is 37.6 Å². The number of rotatable bonds is 4. The molecule has 118 valence electrons. The monoisotopic (exact) mass is 309 g/mol. The second-order valence-electron chi connectivity index (χ2n) is 5.55. The largest absolute Gasteiger partial charge is 0.356 e. The van der Waals surface area contributed by atoms with Crippen LogP contribution in [0.4, 0.5) is 5.82 Å². The number of terminal acetylenes is 1. The molecule has 2 aromatic rings. The number of nitrogens with one attached hydrogen (secondary N) is 2. The molecule has 1 atom stereocenters. The summed E-state index contributed by atoms with van der Waals surface area (Å²) < 4.78 is 0. The highest BCUT2D eigenvalue weighted by atomic mass is 16.1. The zero-order valence-corrected chi connectivity index (χ0v) is 12.8. The number of H-pyrrole nitrogens is 1. The molecule has 1 unspecified atom stereocenters. The Morgan fingerprint density at radius 3 is 3.09 bits per heavy atom. The van der Waals surface area contributed by atoms with E-state index in [1.165, 1.54) is 0 Å². The summed E-state index contributed by atoms with van der Waals surface area (Å²) in [5.74, 6) is 4.48. The highest BCUT2D eigenvalue weighted by Gasteiger charge is 2.23. The Bertz CT molecular complexity index is 687. The average Bonchev–Trinajstić information content (AvgIpc) is 3.14. The van der Waals surface area contributed by atoms with Crippen molar-refractivity contribution >= 4 is 11.7 Å². The van der Waals surface area contributed by atoms with Crippen molar-refractivity contribution in [2.45, 2.75) is 18.8 Å². The van der Waals surface area contributed by atoms with Crippen LogP contribution in [0.2, 0.25) is 0 Å². The first kappa shape index (κ1) is 15.1. The molecule has 0 aliphatic carbocycles. The fourth-order valence-corrected chi connectivity index (χ4v) is 2.85. The van der Waals surface area contributed by atoms with E-state index in [1.807, 2.05) is 12.3 Å². The van der Waals surface area contributed by atoms with E-state index in [-0.39, 0.29) is 12.5 Å². The van der Waals surface area contributed by atoms with Crippen LogP contribution in [0.3, 0.4) is 0 Å². The van der Waals surface area contributed by atoms with Crippen LogP contribution in [0.1, 0.15) is 34.9 Å². The summed E-state index contributed by atoms with van der Waals surface area (Å²) in [7, 11) is 0. The molecule has 0 bridgehead atoms. The summed E-state index contributed by atoms with van der Waals surface area (Å²) in [6.07, 6.45) is 12.6. The Hall–Kier alpha value is -2.81. The minimum absolute atomic E-state index is 0.200. The second-order valence-corrected chi connectivity index (χ2v) is 5.55. The van der Waals surface area contributed by atoms with E-state index in [2.05, 4.69) is 31.1 Å². The number of amides is 1. The molecule has 6 nitrogen and oxygen atoms in total. The molecule has 2 N–H and O–H groups in total. The minimum atomic E-state index is -0.200. The molecule has 3 rings (SSSR count). The average molecular weight is 309 g/mol. The molecular weight excluding hydrogens is 290 g/mol. The number of piperidine rings is 1. The number of aromatic nitrogens is 3. The molecular formula is C17H19N5O. The Kier molecular flexibility index (Phi) is 4.57. The van der Waals surface area contributed by atoms with Gasteiger partial charge in [-0.2, -0.15) is 0 Å². The van der Waals surface area contributed by atoms with E-state index >= 15 is 0 Å². The number of pyridine rings is 1. The minimum Gasteiger partial charge on any atom is -0.356 e. The predicted octanol–water partition coefficient (Wildman–Crippen LogP) is 1.55. The fourth-order valence-electron chi connectivity index (χ4n) is 2.85. The number of imidazole rings is 1. The van der Waals surface area contributed by atoms with E-state index in [0.29, 0.717) is 11.5 Å². The maximum absolute atomic E-state index is 11.8. The van der Waals surface area contributed by atoms with Gasteiger partial charge in [-0.1, -0.05) is 5.92 Å². The van der Waals surface area contributed by atoms with E-state index in [9.17, 15) is 4.79 Å². The lowest BCUT2D eigenvalue weighted by Crippen LogP contribution is -2.35. The van der Waals surface area contributed by atoms with Gasteiger partial charge in [-0.15, -0.1) is 6.42 Å². The Balaban J connectivity index is 1.67. The quantitative estimate of drug-likeness (QED) is 0.841. The summed E-state index contributed by atoms with van der Waals surface area (Å²) in [5.41, 5.74) is 0.517. The van der Waals surface area contributed by atoms with Crippen LogP contribution in [0.15, 0.2) is 30.7 Å². The Morgan fingerprint density at radius 2 is 2.39 bits per heavy atom. The normalized spacial score (nSPS) is 17.5. The van der Waals surface area contributed by atoms with Crippen LogP contribution in [0.25, 0.3) is 0 Å². The first-order valence-corrected chi connectivity index (χ1v) is 7.70. The third-order valence-electron chi connectivity index (χ3n) is 4.01. The van der Waals surface area contributed by atoms with Crippen LogP contribution in [0, 0.1) is 12.3 Å². The van der Waals surface area contributed by atoms with E-state index < -0.39 is 0 Å². The first-order chi connectivity index (χ1) is 11.3. The molecule has 2 aromatic heterocycles. The third kappa shape index (κ3) is 3.51. The van der Waals surface area contributed by atoms with E-state index in [0.717, 1.165) is 37.6 Å². The van der Waals surface area contributed by atoms with Gasteiger partial charge in [0.15, 0.2) is 0 Å². The third-order valence-corrected chi connectivity index (χ3v) is 4.01. The van der Waals surface area contributed by atoms with Gasteiger partial charge in [-0.05, 0) is 25.0 Å². The zero-order chi connectivity index (χ0) is 16.1. The zero-order valence-electron chi connectivity index (χ0n) is 12.8. The van der Waals surface area contributed by atoms with Crippen LogP contribution < -0.4 is 10.2 Å². The standard InChI is InChI=1S/C17H19N5O/c1-2-7-20-17(23)13-5-6-15(21-11-13)22-10-3-4-14(12-22)16-18-8-9-19-16/h1,5-6,8-9,11,14H,3-4,7,10,12H2,(H,18,19)(H,20,23). The van der Waals surface area contributed by atoms with Gasteiger partial charge in [0.2, 0.25) is 0 Å². The summed E-state index contributed by atoms with van der Waals surface area (Å²) in [4.78, 5) is 26.0. The Labute approximate surface area is 135 Å². The van der Waals surface area contributed by atoms with Gasteiger partial charge in [-0.3, -0.25) is 4.79 Å². The molecule has 1 aliphatic heterocycles. The van der Waals surface area contributed by atoms with Crippen molar-refractivity contribution in [3.63, 3.8) is 0 Å². The lowest BCUT2D eigenvalue weighted by Gasteiger charge is -2.32. The van der Waals surface area contributed by atoms with Crippen LogP contribution in [0.5, 0.6) is 0 Å². The number of hydrogen-bond donors (Lipinski definition) is 2. The van der Waals surface area contributed by atoms with Crippen LogP contribution in [-0.2, 0) is 0 Å². The number of carbonyl (C=O) groups excluding carboxylic acids is 1. The van der Waals surface area contributed by atoms with E-state index in [1.54, 1.807) is 18.5 Å². The molecule has 23 heavy (non-hydrogen) atoms. The van der Waals surface area contributed by atoms with Crippen molar-refractivity contribution in [1.82, 2.24) is 20.3 Å². The van der Waals surface area contributed by atoms with Crippen molar-refractivity contribution in [2.75, 3.05) is 24.5 Å². The molecule has 3 heterocycles. The maximum atomic E-state index is 11.8. The molecule has 1 amide bonds. The SMILES string of the molecule is C#CCNC(=O)c1ccc(N2CCCC(c3ncc[nH]3)C2)nc1.